The van der Waals surface area contributed by atoms with E-state index in [1.807, 2.05) is 0 Å². The third-order valence-corrected chi connectivity index (χ3v) is 2.48. The van der Waals surface area contributed by atoms with Crippen LogP contribution in [0.1, 0.15) is 40.5 Å². The Bertz CT molecular complexity index is 299. The van der Waals surface area contributed by atoms with Crippen LogP contribution in [0.4, 0.5) is 0 Å². The van der Waals surface area contributed by atoms with E-state index in [9.17, 15) is 9.59 Å². The van der Waals surface area contributed by atoms with Crippen molar-refractivity contribution in [1.82, 2.24) is 0 Å². The normalized spacial score (nSPS) is 21.7. The Morgan fingerprint density at radius 2 is 2.06 bits per heavy atom. The molecule has 5 nitrogen and oxygen atoms in total. The lowest BCUT2D eigenvalue weighted by Crippen LogP contribution is -2.31. The number of carbonyl (C=O) groups excluding carboxylic acids is 2. The zero-order valence-electron chi connectivity index (χ0n) is 11.5. The van der Waals surface area contributed by atoms with E-state index in [1.54, 1.807) is 27.7 Å². The van der Waals surface area contributed by atoms with Gasteiger partial charge in [-0.05, 0) is 34.1 Å². The van der Waals surface area contributed by atoms with Gasteiger partial charge in [-0.15, -0.1) is 0 Å². The van der Waals surface area contributed by atoms with Gasteiger partial charge in [-0.3, -0.25) is 9.59 Å². The molecule has 2 atom stereocenters. The van der Waals surface area contributed by atoms with Crippen molar-refractivity contribution in [2.45, 2.75) is 58.3 Å². The van der Waals surface area contributed by atoms with Crippen LogP contribution in [0.25, 0.3) is 0 Å². The van der Waals surface area contributed by atoms with Gasteiger partial charge in [-0.25, -0.2) is 0 Å². The van der Waals surface area contributed by atoms with Gasteiger partial charge in [0.25, 0.3) is 0 Å². The smallest absolute Gasteiger partial charge is 0.313 e. The van der Waals surface area contributed by atoms with Crippen molar-refractivity contribution in [3.8, 4) is 0 Å². The summed E-state index contributed by atoms with van der Waals surface area (Å²) in [5, 5.41) is 0. The van der Waals surface area contributed by atoms with Crippen LogP contribution < -0.4 is 0 Å². The summed E-state index contributed by atoms with van der Waals surface area (Å²) in [7, 11) is 0. The molecule has 0 bridgehead atoms. The van der Waals surface area contributed by atoms with Gasteiger partial charge in [0.2, 0.25) is 0 Å². The molecule has 0 spiro atoms. The zero-order chi connectivity index (χ0) is 13.8. The number of ether oxygens (including phenoxy) is 3. The molecule has 0 radical (unpaired) electrons. The Labute approximate surface area is 108 Å². The second-order valence-electron chi connectivity index (χ2n) is 5.49. The first-order valence-electron chi connectivity index (χ1n) is 6.25. The molecule has 0 unspecified atom stereocenters. The minimum absolute atomic E-state index is 0.0393. The average molecular weight is 258 g/mol. The first-order valence-corrected chi connectivity index (χ1v) is 6.25. The second-order valence-corrected chi connectivity index (χ2v) is 5.49. The Balaban J connectivity index is 2.32. The number of esters is 1. The Kier molecular flexibility index (Phi) is 5.28. The highest BCUT2D eigenvalue weighted by Crippen LogP contribution is 2.13. The van der Waals surface area contributed by atoms with Crippen LogP contribution >= 0.6 is 0 Å². The molecule has 1 rings (SSSR count). The Morgan fingerprint density at radius 1 is 1.39 bits per heavy atom. The second kappa shape index (κ2) is 6.29. The lowest BCUT2D eigenvalue weighted by molar-refractivity contribution is -0.158. The number of Topliss-reactive ketones (excluding diaryl/α,β-unsaturated/α-hetero) is 1. The minimum atomic E-state index is -0.593. The van der Waals surface area contributed by atoms with Crippen molar-refractivity contribution >= 4 is 11.8 Å². The summed E-state index contributed by atoms with van der Waals surface area (Å²) in [6, 6.07) is 0. The van der Waals surface area contributed by atoms with E-state index < -0.39 is 17.7 Å². The SMILES string of the molecule is C[C@H](O[C@H]1CCOC1)C(=O)CC(=O)OC(C)(C)C. The molecule has 0 saturated carbocycles. The maximum absolute atomic E-state index is 11.8. The van der Waals surface area contributed by atoms with Gasteiger partial charge in [0, 0.05) is 6.61 Å². The highest BCUT2D eigenvalue weighted by molar-refractivity contribution is 5.97. The Morgan fingerprint density at radius 3 is 2.56 bits per heavy atom. The fourth-order valence-electron chi connectivity index (χ4n) is 1.65. The third kappa shape index (κ3) is 5.60. The molecule has 5 heteroatoms. The van der Waals surface area contributed by atoms with Gasteiger partial charge < -0.3 is 14.2 Å². The van der Waals surface area contributed by atoms with Crippen LogP contribution in [0.3, 0.4) is 0 Å². The summed E-state index contributed by atoms with van der Waals surface area (Å²) in [6.07, 6.45) is -0.0809. The predicted molar refractivity (Wildman–Crippen MR) is 65.2 cm³/mol. The van der Waals surface area contributed by atoms with Crippen LogP contribution in [-0.4, -0.2) is 42.8 Å². The summed E-state index contributed by atoms with van der Waals surface area (Å²) in [6.45, 7) is 8.15. The van der Waals surface area contributed by atoms with Crippen molar-refractivity contribution in [1.29, 1.82) is 0 Å². The summed E-state index contributed by atoms with van der Waals surface area (Å²) in [4.78, 5) is 23.2. The fourth-order valence-corrected chi connectivity index (χ4v) is 1.65. The predicted octanol–water partition coefficient (Wildman–Crippen LogP) is 1.48. The molecule has 1 saturated heterocycles. The molecule has 1 aliphatic rings. The third-order valence-electron chi connectivity index (χ3n) is 2.48. The summed E-state index contributed by atoms with van der Waals surface area (Å²) >= 11 is 0. The molecule has 18 heavy (non-hydrogen) atoms. The largest absolute Gasteiger partial charge is 0.460 e. The summed E-state index contributed by atoms with van der Waals surface area (Å²) in [5.41, 5.74) is -0.569. The summed E-state index contributed by atoms with van der Waals surface area (Å²) in [5.74, 6) is -0.762. The van der Waals surface area contributed by atoms with Crippen molar-refractivity contribution in [3.05, 3.63) is 0 Å². The van der Waals surface area contributed by atoms with E-state index >= 15 is 0 Å². The van der Waals surface area contributed by atoms with E-state index in [0.29, 0.717) is 13.2 Å². The lowest BCUT2D eigenvalue weighted by Gasteiger charge is -2.20. The Hall–Kier alpha value is -0.940. The first kappa shape index (κ1) is 15.1. The zero-order valence-corrected chi connectivity index (χ0v) is 11.5. The molecule has 1 heterocycles. The fraction of sp³-hybridized carbons (Fsp3) is 0.846. The number of ketones is 1. The van der Waals surface area contributed by atoms with Gasteiger partial charge in [-0.1, -0.05) is 0 Å². The van der Waals surface area contributed by atoms with Gasteiger partial charge in [0.1, 0.15) is 18.1 Å². The van der Waals surface area contributed by atoms with Crippen molar-refractivity contribution in [3.63, 3.8) is 0 Å². The number of rotatable bonds is 5. The summed E-state index contributed by atoms with van der Waals surface area (Å²) < 4.78 is 15.8. The van der Waals surface area contributed by atoms with Crippen LogP contribution in [0.2, 0.25) is 0 Å². The van der Waals surface area contributed by atoms with E-state index in [-0.39, 0.29) is 18.3 Å². The minimum Gasteiger partial charge on any atom is -0.460 e. The van der Waals surface area contributed by atoms with Crippen LogP contribution in [0, 0.1) is 0 Å². The molecule has 0 aromatic carbocycles. The molecule has 1 aliphatic heterocycles. The van der Waals surface area contributed by atoms with E-state index in [4.69, 9.17) is 14.2 Å². The van der Waals surface area contributed by atoms with Gasteiger partial charge in [0.05, 0.1) is 12.7 Å². The van der Waals surface area contributed by atoms with Crippen molar-refractivity contribution in [2.75, 3.05) is 13.2 Å². The maximum Gasteiger partial charge on any atom is 0.313 e. The van der Waals surface area contributed by atoms with Crippen molar-refractivity contribution in [2.24, 2.45) is 0 Å². The van der Waals surface area contributed by atoms with Gasteiger partial charge >= 0.3 is 5.97 Å². The number of carbonyl (C=O) groups is 2. The van der Waals surface area contributed by atoms with Gasteiger partial charge in [-0.2, -0.15) is 0 Å². The monoisotopic (exact) mass is 258 g/mol. The van der Waals surface area contributed by atoms with Gasteiger partial charge in [0.15, 0.2) is 5.78 Å². The molecule has 0 amide bonds. The van der Waals surface area contributed by atoms with Crippen LogP contribution in [0.15, 0.2) is 0 Å². The molecule has 0 aromatic heterocycles. The average Bonchev–Trinajstić information content (AvgIpc) is 2.66. The highest BCUT2D eigenvalue weighted by atomic mass is 16.6. The molecule has 0 aromatic rings. The number of hydrogen-bond acceptors (Lipinski definition) is 5. The first-order chi connectivity index (χ1) is 8.28. The molecule has 0 N–H and O–H groups in total. The highest BCUT2D eigenvalue weighted by Gasteiger charge is 2.26. The van der Waals surface area contributed by atoms with E-state index in [2.05, 4.69) is 0 Å². The quantitative estimate of drug-likeness (QED) is 0.552. The van der Waals surface area contributed by atoms with Crippen LogP contribution in [0.5, 0.6) is 0 Å². The molecular formula is C13H22O5. The molecule has 104 valence electrons. The van der Waals surface area contributed by atoms with E-state index in [0.717, 1.165) is 6.42 Å². The molecular weight excluding hydrogens is 236 g/mol. The standard InChI is InChI=1S/C13H22O5/c1-9(17-10-5-6-16-8-10)11(14)7-12(15)18-13(2,3)4/h9-10H,5-8H2,1-4H3/t9-,10-/m0/s1. The maximum atomic E-state index is 11.8. The lowest BCUT2D eigenvalue weighted by atomic mass is 10.1. The molecule has 1 fully saturated rings. The number of hydrogen-bond donors (Lipinski definition) is 0. The van der Waals surface area contributed by atoms with E-state index in [1.165, 1.54) is 0 Å². The van der Waals surface area contributed by atoms with Crippen LogP contribution in [-0.2, 0) is 23.8 Å². The topological polar surface area (TPSA) is 61.8 Å². The van der Waals surface area contributed by atoms with Crippen molar-refractivity contribution < 1.29 is 23.8 Å². The molecule has 0 aliphatic carbocycles.